The van der Waals surface area contributed by atoms with Crippen molar-refractivity contribution in [1.82, 2.24) is 9.62 Å². The molecular weight excluding hydrogens is 422 g/mol. The SMILES string of the molecule is CC(C)c1ccc(S(=O)(=O)N2CCC(C(=O)NCCCN(C)c3ccccc3)CC2)cc1. The fourth-order valence-corrected chi connectivity index (χ4v) is 5.49. The van der Waals surface area contributed by atoms with Crippen molar-refractivity contribution in [3.63, 3.8) is 0 Å². The number of para-hydroxylation sites is 1. The van der Waals surface area contributed by atoms with Crippen molar-refractivity contribution in [1.29, 1.82) is 0 Å². The van der Waals surface area contributed by atoms with Crippen LogP contribution in [0.3, 0.4) is 0 Å². The maximum absolute atomic E-state index is 13.0. The number of carbonyl (C=O) groups excluding carboxylic acids is 1. The van der Waals surface area contributed by atoms with E-state index in [2.05, 4.69) is 36.2 Å². The topological polar surface area (TPSA) is 69.7 Å². The number of piperidine rings is 1. The average Bonchev–Trinajstić information content (AvgIpc) is 2.82. The molecule has 0 atom stereocenters. The number of sulfonamides is 1. The average molecular weight is 458 g/mol. The predicted octanol–water partition coefficient (Wildman–Crippen LogP) is 3.85. The smallest absolute Gasteiger partial charge is 0.243 e. The summed E-state index contributed by atoms with van der Waals surface area (Å²) in [4.78, 5) is 15.0. The molecule has 3 rings (SSSR count). The van der Waals surface area contributed by atoms with Gasteiger partial charge in [-0.1, -0.05) is 44.2 Å². The molecule has 0 spiro atoms. The zero-order valence-corrected chi connectivity index (χ0v) is 20.1. The molecule has 174 valence electrons. The molecule has 1 fully saturated rings. The highest BCUT2D eigenvalue weighted by Gasteiger charge is 2.32. The molecular formula is C25H35N3O3S. The molecule has 1 saturated heterocycles. The Balaban J connectivity index is 1.43. The highest BCUT2D eigenvalue weighted by Crippen LogP contribution is 2.25. The van der Waals surface area contributed by atoms with Crippen LogP contribution in [0.4, 0.5) is 5.69 Å². The summed E-state index contributed by atoms with van der Waals surface area (Å²) in [5.74, 6) is 0.266. The van der Waals surface area contributed by atoms with Gasteiger partial charge in [-0.25, -0.2) is 8.42 Å². The molecule has 0 unspecified atom stereocenters. The van der Waals surface area contributed by atoms with Crippen molar-refractivity contribution in [3.8, 4) is 0 Å². The van der Waals surface area contributed by atoms with Crippen LogP contribution in [0.1, 0.15) is 44.6 Å². The second-order valence-corrected chi connectivity index (χ2v) is 10.7. The maximum Gasteiger partial charge on any atom is 0.243 e. The predicted molar refractivity (Wildman–Crippen MR) is 129 cm³/mol. The number of amides is 1. The zero-order chi connectivity index (χ0) is 23.1. The Hall–Kier alpha value is -2.38. The molecule has 1 aliphatic heterocycles. The van der Waals surface area contributed by atoms with E-state index < -0.39 is 10.0 Å². The van der Waals surface area contributed by atoms with Crippen LogP contribution in [0.5, 0.6) is 0 Å². The van der Waals surface area contributed by atoms with Crippen LogP contribution in [-0.2, 0) is 14.8 Å². The van der Waals surface area contributed by atoms with Crippen LogP contribution in [0.25, 0.3) is 0 Å². The molecule has 0 aliphatic carbocycles. The Morgan fingerprint density at radius 2 is 1.69 bits per heavy atom. The van der Waals surface area contributed by atoms with Crippen molar-refractivity contribution in [2.24, 2.45) is 5.92 Å². The minimum absolute atomic E-state index is 0.0331. The quantitative estimate of drug-likeness (QED) is 0.581. The van der Waals surface area contributed by atoms with Gasteiger partial charge in [0.05, 0.1) is 4.90 Å². The van der Waals surface area contributed by atoms with E-state index in [4.69, 9.17) is 0 Å². The molecule has 0 saturated carbocycles. The van der Waals surface area contributed by atoms with E-state index in [0.29, 0.717) is 43.3 Å². The van der Waals surface area contributed by atoms with Crippen LogP contribution < -0.4 is 10.2 Å². The summed E-state index contributed by atoms with van der Waals surface area (Å²) in [7, 11) is -1.47. The van der Waals surface area contributed by atoms with Crippen molar-refractivity contribution in [3.05, 3.63) is 60.2 Å². The number of benzene rings is 2. The molecule has 0 bridgehead atoms. The minimum atomic E-state index is -3.51. The van der Waals surface area contributed by atoms with E-state index in [1.807, 2.05) is 37.4 Å². The first-order valence-electron chi connectivity index (χ1n) is 11.4. The van der Waals surface area contributed by atoms with Gasteiger partial charge in [-0.3, -0.25) is 4.79 Å². The largest absolute Gasteiger partial charge is 0.375 e. The van der Waals surface area contributed by atoms with Gasteiger partial charge in [0.15, 0.2) is 0 Å². The lowest BCUT2D eigenvalue weighted by Crippen LogP contribution is -2.43. The standard InChI is InChI=1S/C25H35N3O3S/c1-20(2)21-10-12-24(13-11-21)32(30,31)28-18-14-22(15-19-28)25(29)26-16-7-17-27(3)23-8-5-4-6-9-23/h4-6,8-13,20,22H,7,14-19H2,1-3H3,(H,26,29). The van der Waals surface area contributed by atoms with E-state index in [0.717, 1.165) is 24.2 Å². The number of hydrogen-bond acceptors (Lipinski definition) is 4. The first kappa shape index (κ1) is 24.3. The summed E-state index contributed by atoms with van der Waals surface area (Å²) in [6.07, 6.45) is 1.97. The van der Waals surface area contributed by atoms with Gasteiger partial charge in [0.25, 0.3) is 0 Å². The second-order valence-electron chi connectivity index (χ2n) is 8.80. The van der Waals surface area contributed by atoms with E-state index in [9.17, 15) is 13.2 Å². The molecule has 2 aromatic carbocycles. The molecule has 1 N–H and O–H groups in total. The van der Waals surface area contributed by atoms with Crippen molar-refractivity contribution >= 4 is 21.6 Å². The number of hydrogen-bond donors (Lipinski definition) is 1. The number of rotatable bonds is 9. The lowest BCUT2D eigenvalue weighted by molar-refractivity contribution is -0.126. The molecule has 32 heavy (non-hydrogen) atoms. The van der Waals surface area contributed by atoms with Gasteiger partial charge in [-0.15, -0.1) is 0 Å². The summed E-state index contributed by atoms with van der Waals surface area (Å²) in [6.45, 7) is 6.40. The van der Waals surface area contributed by atoms with Crippen molar-refractivity contribution in [2.75, 3.05) is 38.1 Å². The third-order valence-electron chi connectivity index (χ3n) is 6.18. The van der Waals surface area contributed by atoms with E-state index in [1.54, 1.807) is 12.1 Å². The van der Waals surface area contributed by atoms with E-state index in [-0.39, 0.29) is 11.8 Å². The molecule has 6 nitrogen and oxygen atoms in total. The Morgan fingerprint density at radius 1 is 1.06 bits per heavy atom. The number of nitrogens with one attached hydrogen (secondary N) is 1. The van der Waals surface area contributed by atoms with Crippen LogP contribution >= 0.6 is 0 Å². The van der Waals surface area contributed by atoms with Crippen LogP contribution in [-0.4, -0.2) is 51.9 Å². The van der Waals surface area contributed by atoms with Crippen LogP contribution in [0.2, 0.25) is 0 Å². The Morgan fingerprint density at radius 3 is 2.28 bits per heavy atom. The van der Waals surface area contributed by atoms with E-state index >= 15 is 0 Å². The van der Waals surface area contributed by atoms with E-state index in [1.165, 1.54) is 4.31 Å². The Bertz CT molecular complexity index is 967. The molecule has 7 heteroatoms. The second kappa shape index (κ2) is 11.0. The summed E-state index contributed by atoms with van der Waals surface area (Å²) in [6, 6.07) is 17.3. The maximum atomic E-state index is 13.0. The van der Waals surface area contributed by atoms with Gasteiger partial charge in [0.1, 0.15) is 0 Å². The van der Waals surface area contributed by atoms with Crippen molar-refractivity contribution < 1.29 is 13.2 Å². The summed E-state index contributed by atoms with van der Waals surface area (Å²) < 4.78 is 27.4. The number of nitrogens with zero attached hydrogens (tertiary/aromatic N) is 2. The minimum Gasteiger partial charge on any atom is -0.375 e. The molecule has 0 aromatic heterocycles. The Kier molecular flexibility index (Phi) is 8.32. The lowest BCUT2D eigenvalue weighted by atomic mass is 9.97. The molecule has 1 aliphatic rings. The third-order valence-corrected chi connectivity index (χ3v) is 8.09. The monoisotopic (exact) mass is 457 g/mol. The van der Waals surface area contributed by atoms with Crippen LogP contribution in [0.15, 0.2) is 59.5 Å². The van der Waals surface area contributed by atoms with Gasteiger partial charge < -0.3 is 10.2 Å². The van der Waals surface area contributed by atoms with Gasteiger partial charge in [0.2, 0.25) is 15.9 Å². The van der Waals surface area contributed by atoms with Gasteiger partial charge in [0, 0.05) is 44.8 Å². The molecule has 0 radical (unpaired) electrons. The van der Waals surface area contributed by atoms with Gasteiger partial charge in [-0.2, -0.15) is 4.31 Å². The van der Waals surface area contributed by atoms with Crippen molar-refractivity contribution in [2.45, 2.75) is 43.9 Å². The lowest BCUT2D eigenvalue weighted by Gasteiger charge is -2.30. The first-order chi connectivity index (χ1) is 15.3. The van der Waals surface area contributed by atoms with Crippen LogP contribution in [0, 0.1) is 5.92 Å². The summed E-state index contributed by atoms with van der Waals surface area (Å²) >= 11 is 0. The molecule has 2 aromatic rings. The number of carbonyl (C=O) groups is 1. The molecule has 1 amide bonds. The zero-order valence-electron chi connectivity index (χ0n) is 19.3. The highest BCUT2D eigenvalue weighted by molar-refractivity contribution is 7.89. The molecule has 1 heterocycles. The third kappa shape index (κ3) is 6.11. The highest BCUT2D eigenvalue weighted by atomic mass is 32.2. The first-order valence-corrected chi connectivity index (χ1v) is 12.9. The summed E-state index contributed by atoms with van der Waals surface area (Å²) in [5.41, 5.74) is 2.28. The fourth-order valence-electron chi connectivity index (χ4n) is 4.02. The number of anilines is 1. The summed E-state index contributed by atoms with van der Waals surface area (Å²) in [5, 5.41) is 3.03. The normalized spacial score (nSPS) is 15.6. The van der Waals surface area contributed by atoms with Gasteiger partial charge >= 0.3 is 0 Å². The Labute approximate surface area is 192 Å². The van der Waals surface area contributed by atoms with Gasteiger partial charge in [-0.05, 0) is 55.0 Å². The fraction of sp³-hybridized carbons (Fsp3) is 0.480.